The SMILES string of the molecule is Clc1ccc(CC=CCc2cccnc2Cl)cc1. The third kappa shape index (κ3) is 3.86. The van der Waals surface area contributed by atoms with Crippen molar-refractivity contribution in [1.82, 2.24) is 4.98 Å². The lowest BCUT2D eigenvalue weighted by Gasteiger charge is -1.99. The Kier molecular flexibility index (Phi) is 4.80. The van der Waals surface area contributed by atoms with Crippen molar-refractivity contribution in [2.45, 2.75) is 12.8 Å². The van der Waals surface area contributed by atoms with Gasteiger partial charge in [-0.3, -0.25) is 0 Å². The Balaban J connectivity index is 1.89. The van der Waals surface area contributed by atoms with Crippen LogP contribution in [0.5, 0.6) is 0 Å². The van der Waals surface area contributed by atoms with Gasteiger partial charge in [-0.2, -0.15) is 0 Å². The molecule has 1 aromatic heterocycles. The number of nitrogens with zero attached hydrogens (tertiary/aromatic N) is 1. The zero-order chi connectivity index (χ0) is 12.8. The average molecular weight is 278 g/mol. The minimum atomic E-state index is 0.577. The third-order valence-corrected chi connectivity index (χ3v) is 3.20. The van der Waals surface area contributed by atoms with Gasteiger partial charge in [0, 0.05) is 11.2 Å². The van der Waals surface area contributed by atoms with Crippen molar-refractivity contribution in [3.8, 4) is 0 Å². The Labute approximate surface area is 117 Å². The van der Waals surface area contributed by atoms with E-state index < -0.39 is 0 Å². The fourth-order valence-corrected chi connectivity index (χ4v) is 1.94. The molecule has 0 saturated heterocycles. The number of benzene rings is 1. The lowest BCUT2D eigenvalue weighted by Crippen LogP contribution is -1.86. The summed E-state index contributed by atoms with van der Waals surface area (Å²) >= 11 is 11.8. The van der Waals surface area contributed by atoms with Gasteiger partial charge in [0.15, 0.2) is 0 Å². The van der Waals surface area contributed by atoms with Gasteiger partial charge in [0.05, 0.1) is 0 Å². The maximum atomic E-state index is 5.98. The summed E-state index contributed by atoms with van der Waals surface area (Å²) in [5.41, 5.74) is 2.29. The van der Waals surface area contributed by atoms with E-state index in [1.807, 2.05) is 36.4 Å². The number of pyridine rings is 1. The summed E-state index contributed by atoms with van der Waals surface area (Å²) in [5, 5.41) is 1.35. The zero-order valence-corrected chi connectivity index (χ0v) is 11.3. The van der Waals surface area contributed by atoms with E-state index in [1.54, 1.807) is 6.20 Å². The Morgan fingerprint density at radius 3 is 2.39 bits per heavy atom. The molecule has 1 heterocycles. The van der Waals surface area contributed by atoms with Crippen molar-refractivity contribution < 1.29 is 0 Å². The molecule has 92 valence electrons. The molecule has 1 nitrogen and oxygen atoms in total. The molecule has 2 rings (SSSR count). The highest BCUT2D eigenvalue weighted by molar-refractivity contribution is 6.30. The van der Waals surface area contributed by atoms with Crippen molar-refractivity contribution in [2.24, 2.45) is 0 Å². The molecule has 1 aromatic carbocycles. The molecule has 0 fully saturated rings. The number of hydrogen-bond acceptors (Lipinski definition) is 1. The van der Waals surface area contributed by atoms with Crippen LogP contribution < -0.4 is 0 Å². The molecule has 0 aliphatic heterocycles. The van der Waals surface area contributed by atoms with Crippen molar-refractivity contribution >= 4 is 23.2 Å². The summed E-state index contributed by atoms with van der Waals surface area (Å²) in [6, 6.07) is 11.8. The maximum Gasteiger partial charge on any atom is 0.132 e. The van der Waals surface area contributed by atoms with Crippen LogP contribution in [0.15, 0.2) is 54.7 Å². The van der Waals surface area contributed by atoms with E-state index >= 15 is 0 Å². The number of halogens is 2. The topological polar surface area (TPSA) is 12.9 Å². The first-order valence-electron chi connectivity index (χ1n) is 5.74. The largest absolute Gasteiger partial charge is 0.244 e. The molecule has 0 aliphatic rings. The molecule has 3 heteroatoms. The van der Waals surface area contributed by atoms with Gasteiger partial charge in [-0.15, -0.1) is 0 Å². The molecule has 0 aliphatic carbocycles. The van der Waals surface area contributed by atoms with Gasteiger partial charge in [0.1, 0.15) is 5.15 Å². The van der Waals surface area contributed by atoms with Gasteiger partial charge >= 0.3 is 0 Å². The van der Waals surface area contributed by atoms with E-state index in [1.165, 1.54) is 5.56 Å². The highest BCUT2D eigenvalue weighted by Gasteiger charge is 1.96. The molecule has 0 amide bonds. The molecule has 2 aromatic rings. The van der Waals surface area contributed by atoms with Crippen LogP contribution in [0, 0.1) is 0 Å². The third-order valence-electron chi connectivity index (χ3n) is 2.61. The van der Waals surface area contributed by atoms with Gasteiger partial charge in [0.2, 0.25) is 0 Å². The molecular weight excluding hydrogens is 265 g/mol. The highest BCUT2D eigenvalue weighted by atomic mass is 35.5. The minimum Gasteiger partial charge on any atom is -0.244 e. The van der Waals surface area contributed by atoms with E-state index in [2.05, 4.69) is 17.1 Å². The maximum absolute atomic E-state index is 5.98. The van der Waals surface area contributed by atoms with Crippen LogP contribution in [0.1, 0.15) is 11.1 Å². The van der Waals surface area contributed by atoms with Gasteiger partial charge in [-0.1, -0.05) is 53.6 Å². The van der Waals surface area contributed by atoms with Crippen LogP contribution >= 0.6 is 23.2 Å². The van der Waals surface area contributed by atoms with Crippen molar-refractivity contribution in [3.05, 3.63) is 76.0 Å². The number of aromatic nitrogens is 1. The normalized spacial score (nSPS) is 11.0. The van der Waals surface area contributed by atoms with Gasteiger partial charge in [-0.25, -0.2) is 4.98 Å². The summed E-state index contributed by atoms with van der Waals surface area (Å²) < 4.78 is 0. The minimum absolute atomic E-state index is 0.577. The molecule has 0 radical (unpaired) electrons. The van der Waals surface area contributed by atoms with Gasteiger partial charge in [-0.05, 0) is 42.2 Å². The van der Waals surface area contributed by atoms with Crippen LogP contribution in [0.25, 0.3) is 0 Å². The average Bonchev–Trinajstić information content (AvgIpc) is 2.39. The summed E-state index contributed by atoms with van der Waals surface area (Å²) in [5.74, 6) is 0. The Morgan fingerprint density at radius 1 is 0.944 bits per heavy atom. The number of rotatable bonds is 4. The van der Waals surface area contributed by atoms with Crippen LogP contribution in [0.4, 0.5) is 0 Å². The first kappa shape index (κ1) is 13.1. The van der Waals surface area contributed by atoms with Crippen molar-refractivity contribution in [1.29, 1.82) is 0 Å². The lowest BCUT2D eigenvalue weighted by atomic mass is 10.1. The fourth-order valence-electron chi connectivity index (χ4n) is 1.62. The van der Waals surface area contributed by atoms with E-state index in [-0.39, 0.29) is 0 Å². The Morgan fingerprint density at radius 2 is 1.67 bits per heavy atom. The summed E-state index contributed by atoms with van der Waals surface area (Å²) in [6.07, 6.45) is 7.64. The van der Waals surface area contributed by atoms with Gasteiger partial charge < -0.3 is 0 Å². The predicted molar refractivity (Wildman–Crippen MR) is 77.2 cm³/mol. The second kappa shape index (κ2) is 6.58. The molecule has 0 atom stereocenters. The first-order valence-corrected chi connectivity index (χ1v) is 6.50. The smallest absolute Gasteiger partial charge is 0.132 e. The standard InChI is InChI=1S/C15H13Cl2N/c16-14-9-7-12(8-10-14)4-1-2-5-13-6-3-11-18-15(13)17/h1-3,6-11H,4-5H2. The Bertz CT molecular complexity index is 532. The molecule has 0 bridgehead atoms. The molecule has 0 unspecified atom stereocenters. The first-order chi connectivity index (χ1) is 8.75. The summed E-state index contributed by atoms with van der Waals surface area (Å²) in [4.78, 5) is 4.04. The van der Waals surface area contributed by atoms with Gasteiger partial charge in [0.25, 0.3) is 0 Å². The summed E-state index contributed by atoms with van der Waals surface area (Å²) in [7, 11) is 0. The number of hydrogen-bond donors (Lipinski definition) is 0. The van der Waals surface area contributed by atoms with Crippen LogP contribution in [0.3, 0.4) is 0 Å². The fraction of sp³-hybridized carbons (Fsp3) is 0.133. The molecule has 0 N–H and O–H groups in total. The van der Waals surface area contributed by atoms with Crippen LogP contribution in [-0.2, 0) is 12.8 Å². The van der Waals surface area contributed by atoms with Crippen LogP contribution in [-0.4, -0.2) is 4.98 Å². The van der Waals surface area contributed by atoms with Crippen LogP contribution in [0.2, 0.25) is 10.2 Å². The van der Waals surface area contributed by atoms with E-state index in [9.17, 15) is 0 Å². The molecule has 18 heavy (non-hydrogen) atoms. The highest BCUT2D eigenvalue weighted by Crippen LogP contribution is 2.13. The molecular formula is C15H13Cl2N. The lowest BCUT2D eigenvalue weighted by molar-refractivity contribution is 1.17. The Hall–Kier alpha value is -1.31. The quantitative estimate of drug-likeness (QED) is 0.582. The number of allylic oxidation sites excluding steroid dienone is 2. The van der Waals surface area contributed by atoms with Crippen molar-refractivity contribution in [2.75, 3.05) is 0 Å². The predicted octanol–water partition coefficient (Wildman–Crippen LogP) is 4.73. The second-order valence-electron chi connectivity index (χ2n) is 3.96. The van der Waals surface area contributed by atoms with E-state index in [0.29, 0.717) is 5.15 Å². The van der Waals surface area contributed by atoms with E-state index in [4.69, 9.17) is 23.2 Å². The van der Waals surface area contributed by atoms with E-state index in [0.717, 1.165) is 23.4 Å². The van der Waals surface area contributed by atoms with Crippen molar-refractivity contribution in [3.63, 3.8) is 0 Å². The summed E-state index contributed by atoms with van der Waals surface area (Å²) in [6.45, 7) is 0. The molecule has 0 spiro atoms. The second-order valence-corrected chi connectivity index (χ2v) is 4.75. The zero-order valence-electron chi connectivity index (χ0n) is 9.81. The molecule has 0 saturated carbocycles. The monoisotopic (exact) mass is 277 g/mol.